The van der Waals surface area contributed by atoms with Gasteiger partial charge in [0.05, 0.1) is 22.0 Å². The first-order chi connectivity index (χ1) is 17.2. The summed E-state index contributed by atoms with van der Waals surface area (Å²) in [4.78, 5) is 4.25. The first-order valence-electron chi connectivity index (χ1n) is 10.8. The molecule has 2 heterocycles. The molecule has 0 saturated carbocycles. The van der Waals surface area contributed by atoms with Gasteiger partial charge in [-0.2, -0.15) is 17.2 Å². The Bertz CT molecular complexity index is 1540. The third-order valence-electron chi connectivity index (χ3n) is 5.77. The normalized spacial score (nSPS) is 16.0. The molecular weight excluding hydrogens is 498 g/mol. The lowest BCUT2D eigenvalue weighted by molar-refractivity contribution is -0.147. The molecule has 1 N–H and O–H groups in total. The van der Waals surface area contributed by atoms with Crippen molar-refractivity contribution in [2.24, 2.45) is 0 Å². The molecule has 1 atom stereocenters. The molecule has 0 saturated heterocycles. The zero-order valence-electron chi connectivity index (χ0n) is 18.5. The van der Waals surface area contributed by atoms with E-state index in [1.165, 1.54) is 24.3 Å². The van der Waals surface area contributed by atoms with Crippen LogP contribution in [0.1, 0.15) is 17.2 Å². The molecule has 0 aliphatic carbocycles. The zero-order chi connectivity index (χ0) is 25.5. The van der Waals surface area contributed by atoms with Crippen LogP contribution in [-0.4, -0.2) is 36.9 Å². The standard InChI is InChI=1S/C25H19F4N3O3S/c26-23(27)25(28,29)15-35-36(33,34)18-12-10-16(11-13-18)20-14-22(17-6-2-1-3-7-17)32-21-9-5-4-8-19(21)30-24(32)31-20/h1-14,22-23H,15H2,(H,30,31). The van der Waals surface area contributed by atoms with Crippen LogP contribution in [0.3, 0.4) is 0 Å². The molecule has 36 heavy (non-hydrogen) atoms. The van der Waals surface area contributed by atoms with Crippen LogP contribution in [0.15, 0.2) is 89.8 Å². The number of imidazole rings is 1. The molecule has 0 spiro atoms. The number of hydrogen-bond acceptors (Lipinski definition) is 5. The second-order valence-corrected chi connectivity index (χ2v) is 9.77. The fourth-order valence-electron chi connectivity index (χ4n) is 3.96. The van der Waals surface area contributed by atoms with Crippen molar-refractivity contribution in [2.75, 3.05) is 11.9 Å². The van der Waals surface area contributed by atoms with Gasteiger partial charge in [0, 0.05) is 5.70 Å². The van der Waals surface area contributed by atoms with Crippen molar-refractivity contribution in [3.05, 3.63) is 96.1 Å². The third-order valence-corrected chi connectivity index (χ3v) is 7.04. The maximum atomic E-state index is 13.1. The smallest absolute Gasteiger partial charge is 0.325 e. The summed E-state index contributed by atoms with van der Waals surface area (Å²) in [5.74, 6) is -3.99. The van der Waals surface area contributed by atoms with Crippen molar-refractivity contribution < 1.29 is 30.2 Å². The van der Waals surface area contributed by atoms with E-state index in [0.717, 1.165) is 16.6 Å². The summed E-state index contributed by atoms with van der Waals surface area (Å²) in [5, 5.41) is 3.27. The van der Waals surface area contributed by atoms with E-state index in [1.54, 1.807) is 0 Å². The number of halogens is 4. The Morgan fingerprint density at radius 1 is 0.972 bits per heavy atom. The lowest BCUT2D eigenvalue weighted by atomic mass is 10.0. The maximum absolute atomic E-state index is 13.1. The summed E-state index contributed by atoms with van der Waals surface area (Å²) in [6.45, 7) is -1.95. The van der Waals surface area contributed by atoms with Crippen LogP contribution in [0.25, 0.3) is 16.7 Å². The van der Waals surface area contributed by atoms with Gasteiger partial charge in [0.1, 0.15) is 6.61 Å². The monoisotopic (exact) mass is 517 g/mol. The summed E-state index contributed by atoms with van der Waals surface area (Å²) in [6, 6.07) is 22.5. The van der Waals surface area contributed by atoms with Crippen molar-refractivity contribution in [1.29, 1.82) is 0 Å². The van der Waals surface area contributed by atoms with Crippen LogP contribution >= 0.6 is 0 Å². The first kappa shape index (κ1) is 24.0. The Labute approximate surface area is 204 Å². The highest BCUT2D eigenvalue weighted by atomic mass is 32.2. The molecule has 6 nitrogen and oxygen atoms in total. The average Bonchev–Trinajstić information content (AvgIpc) is 3.26. The summed E-state index contributed by atoms with van der Waals surface area (Å²) >= 11 is 0. The summed E-state index contributed by atoms with van der Waals surface area (Å²) in [7, 11) is -4.66. The van der Waals surface area contributed by atoms with E-state index in [9.17, 15) is 26.0 Å². The molecule has 1 aliphatic rings. The van der Waals surface area contributed by atoms with Crippen LogP contribution in [0.2, 0.25) is 0 Å². The molecular formula is C25H19F4N3O3S. The number of anilines is 1. The van der Waals surface area contributed by atoms with Crippen molar-refractivity contribution in [2.45, 2.75) is 23.3 Å². The van der Waals surface area contributed by atoms with Gasteiger partial charge >= 0.3 is 12.3 Å². The van der Waals surface area contributed by atoms with Crippen molar-refractivity contribution in [3.8, 4) is 0 Å². The molecule has 1 unspecified atom stereocenters. The highest BCUT2D eigenvalue weighted by Gasteiger charge is 2.42. The van der Waals surface area contributed by atoms with E-state index < -0.39 is 34.0 Å². The summed E-state index contributed by atoms with van der Waals surface area (Å²) in [6.07, 6.45) is -2.07. The van der Waals surface area contributed by atoms with Crippen LogP contribution < -0.4 is 5.32 Å². The molecule has 5 rings (SSSR count). The highest BCUT2D eigenvalue weighted by molar-refractivity contribution is 7.86. The predicted octanol–water partition coefficient (Wildman–Crippen LogP) is 5.70. The number of nitrogens with one attached hydrogen (secondary N) is 1. The van der Waals surface area contributed by atoms with Gasteiger partial charge in [0.25, 0.3) is 10.1 Å². The second kappa shape index (κ2) is 9.07. The minimum Gasteiger partial charge on any atom is -0.325 e. The van der Waals surface area contributed by atoms with Gasteiger partial charge in [-0.1, -0.05) is 54.6 Å². The van der Waals surface area contributed by atoms with Crippen LogP contribution in [0, 0.1) is 0 Å². The Kier molecular flexibility index (Phi) is 6.05. The molecule has 11 heteroatoms. The molecule has 3 aromatic carbocycles. The summed E-state index contributed by atoms with van der Waals surface area (Å²) in [5.41, 5.74) is 4.00. The Balaban J connectivity index is 1.47. The molecule has 1 aromatic heterocycles. The maximum Gasteiger partial charge on any atom is 0.331 e. The fraction of sp³-hybridized carbons (Fsp3) is 0.160. The number of nitrogens with zero attached hydrogens (tertiary/aromatic N) is 2. The zero-order valence-corrected chi connectivity index (χ0v) is 19.3. The molecule has 0 radical (unpaired) electrons. The number of hydrogen-bond donors (Lipinski definition) is 1. The van der Waals surface area contributed by atoms with Gasteiger partial charge < -0.3 is 5.32 Å². The van der Waals surface area contributed by atoms with Crippen molar-refractivity contribution in [3.63, 3.8) is 0 Å². The minimum absolute atomic E-state index is 0.215. The Hall–Kier alpha value is -3.70. The van der Waals surface area contributed by atoms with Gasteiger partial charge in [0.2, 0.25) is 5.95 Å². The van der Waals surface area contributed by atoms with Gasteiger partial charge in [-0.15, -0.1) is 0 Å². The van der Waals surface area contributed by atoms with E-state index >= 15 is 0 Å². The van der Waals surface area contributed by atoms with Gasteiger partial charge in [-0.25, -0.2) is 13.8 Å². The number of fused-ring (bicyclic) bond motifs is 3. The molecule has 186 valence electrons. The SMILES string of the molecule is O=S(=O)(OCC(F)(F)C(F)F)c1ccc(C2=CC(c3ccccc3)n3c(nc4ccccc43)N2)cc1. The lowest BCUT2D eigenvalue weighted by Gasteiger charge is -2.26. The highest BCUT2D eigenvalue weighted by Crippen LogP contribution is 2.37. The minimum atomic E-state index is -4.66. The summed E-state index contributed by atoms with van der Waals surface area (Å²) < 4.78 is 81.6. The topological polar surface area (TPSA) is 73.2 Å². The van der Waals surface area contributed by atoms with E-state index in [0.29, 0.717) is 17.2 Å². The second-order valence-electron chi connectivity index (χ2n) is 8.16. The number of rotatable bonds is 7. The van der Waals surface area contributed by atoms with Crippen molar-refractivity contribution >= 4 is 32.8 Å². The lowest BCUT2D eigenvalue weighted by Crippen LogP contribution is -2.33. The quantitative estimate of drug-likeness (QED) is 0.252. The predicted molar refractivity (Wildman–Crippen MR) is 126 cm³/mol. The molecule has 0 fully saturated rings. The van der Waals surface area contributed by atoms with Crippen LogP contribution in [0.5, 0.6) is 0 Å². The number of alkyl halides is 4. The van der Waals surface area contributed by atoms with Crippen LogP contribution in [0.4, 0.5) is 23.5 Å². The molecule has 0 amide bonds. The van der Waals surface area contributed by atoms with E-state index in [2.05, 4.69) is 19.1 Å². The average molecular weight is 518 g/mol. The number of aromatic nitrogens is 2. The first-order valence-corrected chi connectivity index (χ1v) is 12.2. The Morgan fingerprint density at radius 2 is 1.64 bits per heavy atom. The number of benzene rings is 3. The van der Waals surface area contributed by atoms with E-state index in [1.807, 2.05) is 60.7 Å². The van der Waals surface area contributed by atoms with Crippen LogP contribution in [-0.2, 0) is 14.3 Å². The third kappa shape index (κ3) is 4.47. The van der Waals surface area contributed by atoms with Gasteiger partial charge in [0.15, 0.2) is 0 Å². The fourth-order valence-corrected chi connectivity index (χ4v) is 4.88. The van der Waals surface area contributed by atoms with Crippen molar-refractivity contribution in [1.82, 2.24) is 9.55 Å². The number of para-hydroxylation sites is 2. The van der Waals surface area contributed by atoms with Gasteiger partial charge in [-0.05, 0) is 41.5 Å². The Morgan fingerprint density at radius 3 is 2.33 bits per heavy atom. The molecule has 0 bridgehead atoms. The van der Waals surface area contributed by atoms with Gasteiger partial charge in [-0.3, -0.25) is 8.75 Å². The number of allylic oxidation sites excluding steroid dienone is 1. The molecule has 4 aromatic rings. The molecule has 1 aliphatic heterocycles. The largest absolute Gasteiger partial charge is 0.331 e. The van der Waals surface area contributed by atoms with E-state index in [-0.39, 0.29) is 6.04 Å². The van der Waals surface area contributed by atoms with E-state index in [4.69, 9.17) is 0 Å².